The van der Waals surface area contributed by atoms with Crippen LogP contribution in [0.1, 0.15) is 23.2 Å². The van der Waals surface area contributed by atoms with Gasteiger partial charge in [0, 0.05) is 23.2 Å². The minimum absolute atomic E-state index is 0.0739. The van der Waals surface area contributed by atoms with Gasteiger partial charge in [0.2, 0.25) is 0 Å². The first-order valence-electron chi connectivity index (χ1n) is 6.36. The number of carboxylic acids is 1. The SMILES string of the molecule is Cc1ccc(-c2nc(C)c(CCC(=O)O)c(=O)[nH]2)cc1. The van der Waals surface area contributed by atoms with Crippen molar-refractivity contribution in [2.75, 3.05) is 0 Å². The second-order valence-electron chi connectivity index (χ2n) is 4.74. The second kappa shape index (κ2) is 5.69. The lowest BCUT2D eigenvalue weighted by atomic mass is 10.1. The summed E-state index contributed by atoms with van der Waals surface area (Å²) in [6.07, 6.45) is 0.118. The van der Waals surface area contributed by atoms with Gasteiger partial charge in [-0.05, 0) is 20.3 Å². The summed E-state index contributed by atoms with van der Waals surface area (Å²) in [5.41, 5.74) is 2.70. The van der Waals surface area contributed by atoms with Gasteiger partial charge in [0.25, 0.3) is 5.56 Å². The molecular formula is C15H16N2O3. The van der Waals surface area contributed by atoms with Crippen LogP contribution in [0.5, 0.6) is 0 Å². The van der Waals surface area contributed by atoms with Gasteiger partial charge < -0.3 is 10.1 Å². The van der Waals surface area contributed by atoms with Crippen LogP contribution in [0.2, 0.25) is 0 Å². The Hall–Kier alpha value is -2.43. The molecule has 0 aliphatic rings. The van der Waals surface area contributed by atoms with Crippen LogP contribution in [0.4, 0.5) is 0 Å². The lowest BCUT2D eigenvalue weighted by molar-refractivity contribution is -0.136. The molecule has 1 heterocycles. The standard InChI is InChI=1S/C15H16N2O3/c1-9-3-5-11(6-4-9)14-16-10(2)12(15(20)17-14)7-8-13(18)19/h3-6H,7-8H2,1-2H3,(H,18,19)(H,16,17,20). The number of aryl methyl sites for hydroxylation is 2. The Morgan fingerprint density at radius 3 is 2.45 bits per heavy atom. The van der Waals surface area contributed by atoms with Gasteiger partial charge in [0.05, 0.1) is 0 Å². The zero-order valence-electron chi connectivity index (χ0n) is 11.4. The predicted molar refractivity (Wildman–Crippen MR) is 75.7 cm³/mol. The highest BCUT2D eigenvalue weighted by atomic mass is 16.4. The van der Waals surface area contributed by atoms with Crippen molar-refractivity contribution in [1.82, 2.24) is 9.97 Å². The van der Waals surface area contributed by atoms with Crippen molar-refractivity contribution >= 4 is 5.97 Å². The van der Waals surface area contributed by atoms with Crippen molar-refractivity contribution in [2.45, 2.75) is 26.7 Å². The molecule has 0 saturated carbocycles. The number of aromatic amines is 1. The zero-order chi connectivity index (χ0) is 14.7. The van der Waals surface area contributed by atoms with Crippen molar-refractivity contribution in [1.29, 1.82) is 0 Å². The van der Waals surface area contributed by atoms with Crippen LogP contribution in [0, 0.1) is 13.8 Å². The van der Waals surface area contributed by atoms with E-state index in [1.807, 2.05) is 31.2 Å². The van der Waals surface area contributed by atoms with Gasteiger partial charge in [-0.15, -0.1) is 0 Å². The number of hydrogen-bond donors (Lipinski definition) is 2. The molecule has 0 bridgehead atoms. The van der Waals surface area contributed by atoms with E-state index < -0.39 is 5.97 Å². The summed E-state index contributed by atoms with van der Waals surface area (Å²) in [5.74, 6) is -0.419. The maximum Gasteiger partial charge on any atom is 0.303 e. The van der Waals surface area contributed by atoms with Gasteiger partial charge in [0.15, 0.2) is 0 Å². The van der Waals surface area contributed by atoms with Crippen LogP contribution in [0.3, 0.4) is 0 Å². The molecule has 0 amide bonds. The summed E-state index contributed by atoms with van der Waals surface area (Å²) < 4.78 is 0. The van der Waals surface area contributed by atoms with E-state index in [4.69, 9.17) is 5.11 Å². The molecule has 0 spiro atoms. The smallest absolute Gasteiger partial charge is 0.303 e. The molecule has 0 aliphatic heterocycles. The number of aromatic nitrogens is 2. The van der Waals surface area contributed by atoms with Crippen LogP contribution in [-0.2, 0) is 11.2 Å². The third-order valence-corrected chi connectivity index (χ3v) is 3.14. The first-order valence-corrected chi connectivity index (χ1v) is 6.36. The fraction of sp³-hybridized carbons (Fsp3) is 0.267. The van der Waals surface area contributed by atoms with Crippen molar-refractivity contribution in [2.24, 2.45) is 0 Å². The number of carboxylic acid groups (broad SMARTS) is 1. The quantitative estimate of drug-likeness (QED) is 0.892. The highest BCUT2D eigenvalue weighted by Crippen LogP contribution is 2.15. The summed E-state index contributed by atoms with van der Waals surface area (Å²) in [4.78, 5) is 29.7. The number of carbonyl (C=O) groups is 1. The number of benzene rings is 1. The largest absolute Gasteiger partial charge is 0.481 e. The monoisotopic (exact) mass is 272 g/mol. The summed E-state index contributed by atoms with van der Waals surface area (Å²) >= 11 is 0. The van der Waals surface area contributed by atoms with Crippen LogP contribution in [-0.4, -0.2) is 21.0 Å². The molecule has 0 unspecified atom stereocenters. The van der Waals surface area contributed by atoms with E-state index in [1.54, 1.807) is 6.92 Å². The van der Waals surface area contributed by atoms with Gasteiger partial charge >= 0.3 is 5.97 Å². The topological polar surface area (TPSA) is 83.0 Å². The van der Waals surface area contributed by atoms with Crippen molar-refractivity contribution in [3.63, 3.8) is 0 Å². The first kappa shape index (κ1) is 14.0. The van der Waals surface area contributed by atoms with E-state index >= 15 is 0 Å². The Balaban J connectivity index is 2.37. The number of rotatable bonds is 4. The first-order chi connectivity index (χ1) is 9.47. The number of H-pyrrole nitrogens is 1. The molecule has 0 fully saturated rings. The van der Waals surface area contributed by atoms with Crippen LogP contribution < -0.4 is 5.56 Å². The molecule has 5 nitrogen and oxygen atoms in total. The number of hydrogen-bond acceptors (Lipinski definition) is 3. The second-order valence-corrected chi connectivity index (χ2v) is 4.74. The molecule has 2 rings (SSSR count). The normalized spacial score (nSPS) is 10.5. The molecule has 104 valence electrons. The number of nitrogens with one attached hydrogen (secondary N) is 1. The minimum atomic E-state index is -0.925. The average molecular weight is 272 g/mol. The zero-order valence-corrected chi connectivity index (χ0v) is 11.4. The van der Waals surface area contributed by atoms with Crippen molar-refractivity contribution < 1.29 is 9.90 Å². The number of aliphatic carboxylic acids is 1. The molecule has 2 N–H and O–H groups in total. The van der Waals surface area contributed by atoms with E-state index in [9.17, 15) is 9.59 Å². The highest BCUT2D eigenvalue weighted by Gasteiger charge is 2.10. The Morgan fingerprint density at radius 1 is 1.25 bits per heavy atom. The Bertz CT molecular complexity index is 687. The molecule has 0 saturated heterocycles. The average Bonchev–Trinajstić information content (AvgIpc) is 2.38. The van der Waals surface area contributed by atoms with Gasteiger partial charge in [-0.2, -0.15) is 0 Å². The summed E-state index contributed by atoms with van der Waals surface area (Å²) in [6, 6.07) is 7.68. The van der Waals surface area contributed by atoms with E-state index in [1.165, 1.54) is 0 Å². The maximum atomic E-state index is 12.0. The Morgan fingerprint density at radius 2 is 1.90 bits per heavy atom. The van der Waals surface area contributed by atoms with E-state index in [2.05, 4.69) is 9.97 Å². The predicted octanol–water partition coefficient (Wildman–Crippen LogP) is 2.07. The third kappa shape index (κ3) is 3.12. The molecule has 0 radical (unpaired) electrons. The Kier molecular flexibility index (Phi) is 3.98. The maximum absolute atomic E-state index is 12.0. The lowest BCUT2D eigenvalue weighted by Crippen LogP contribution is -2.18. The number of nitrogens with zero attached hydrogens (tertiary/aromatic N) is 1. The van der Waals surface area contributed by atoms with Gasteiger partial charge in [-0.1, -0.05) is 29.8 Å². The summed E-state index contributed by atoms with van der Waals surface area (Å²) in [6.45, 7) is 3.71. The van der Waals surface area contributed by atoms with Gasteiger partial charge in [0.1, 0.15) is 5.82 Å². The highest BCUT2D eigenvalue weighted by molar-refractivity contribution is 5.67. The molecule has 1 aromatic carbocycles. The fourth-order valence-electron chi connectivity index (χ4n) is 1.98. The minimum Gasteiger partial charge on any atom is -0.481 e. The summed E-state index contributed by atoms with van der Waals surface area (Å²) in [5, 5.41) is 8.68. The van der Waals surface area contributed by atoms with Gasteiger partial charge in [-0.25, -0.2) is 4.98 Å². The fourth-order valence-corrected chi connectivity index (χ4v) is 1.98. The molecule has 1 aromatic heterocycles. The van der Waals surface area contributed by atoms with E-state index in [-0.39, 0.29) is 18.4 Å². The molecule has 5 heteroatoms. The van der Waals surface area contributed by atoms with Gasteiger partial charge in [-0.3, -0.25) is 9.59 Å². The summed E-state index contributed by atoms with van der Waals surface area (Å²) in [7, 11) is 0. The molecule has 0 atom stereocenters. The lowest BCUT2D eigenvalue weighted by Gasteiger charge is -2.07. The Labute approximate surface area is 116 Å². The van der Waals surface area contributed by atoms with Crippen molar-refractivity contribution in [3.05, 3.63) is 51.4 Å². The molecular weight excluding hydrogens is 256 g/mol. The van der Waals surface area contributed by atoms with Crippen LogP contribution in [0.15, 0.2) is 29.1 Å². The van der Waals surface area contributed by atoms with E-state index in [0.29, 0.717) is 17.1 Å². The van der Waals surface area contributed by atoms with Crippen LogP contribution in [0.25, 0.3) is 11.4 Å². The van der Waals surface area contributed by atoms with Crippen LogP contribution >= 0.6 is 0 Å². The third-order valence-electron chi connectivity index (χ3n) is 3.14. The van der Waals surface area contributed by atoms with Crippen molar-refractivity contribution in [3.8, 4) is 11.4 Å². The molecule has 20 heavy (non-hydrogen) atoms. The molecule has 0 aliphatic carbocycles. The van der Waals surface area contributed by atoms with E-state index in [0.717, 1.165) is 11.1 Å². The molecule has 2 aromatic rings.